The SMILES string of the molecule is O=C(OC1O[C@H](CO)[C@@H](O)[C@H]1O)C1=CN=CCC1. The molecule has 2 heterocycles. The number of aliphatic hydroxyl groups is 3. The van der Waals surface area contributed by atoms with Crippen LogP contribution >= 0.6 is 0 Å². The van der Waals surface area contributed by atoms with E-state index in [0.29, 0.717) is 18.4 Å². The zero-order valence-corrected chi connectivity index (χ0v) is 9.60. The van der Waals surface area contributed by atoms with Crippen LogP contribution in [-0.2, 0) is 14.3 Å². The normalized spacial score (nSPS) is 35.4. The summed E-state index contributed by atoms with van der Waals surface area (Å²) in [5.41, 5.74) is 0.384. The van der Waals surface area contributed by atoms with E-state index in [0.717, 1.165) is 0 Å². The molecule has 1 fully saturated rings. The van der Waals surface area contributed by atoms with Gasteiger partial charge in [0.05, 0.1) is 12.2 Å². The maximum Gasteiger partial charge on any atom is 0.337 e. The lowest BCUT2D eigenvalue weighted by Gasteiger charge is -2.16. The lowest BCUT2D eigenvalue weighted by molar-refractivity contribution is -0.185. The average Bonchev–Trinajstić information content (AvgIpc) is 2.67. The molecular weight excluding hydrogens is 242 g/mol. The van der Waals surface area contributed by atoms with Gasteiger partial charge in [-0.25, -0.2) is 4.79 Å². The molecule has 0 aromatic heterocycles. The second-order valence-corrected chi connectivity index (χ2v) is 4.14. The molecule has 1 saturated heterocycles. The highest BCUT2D eigenvalue weighted by atomic mass is 16.7. The van der Waals surface area contributed by atoms with Crippen LogP contribution in [0, 0.1) is 0 Å². The molecule has 2 rings (SSSR count). The topological polar surface area (TPSA) is 109 Å². The second kappa shape index (κ2) is 5.57. The molecule has 0 saturated carbocycles. The molecule has 0 spiro atoms. The highest BCUT2D eigenvalue weighted by Gasteiger charge is 2.44. The van der Waals surface area contributed by atoms with Gasteiger partial charge in [-0.2, -0.15) is 0 Å². The minimum absolute atomic E-state index is 0.384. The van der Waals surface area contributed by atoms with E-state index < -0.39 is 37.2 Å². The number of ether oxygens (including phenoxy) is 2. The van der Waals surface area contributed by atoms with Crippen LogP contribution in [0.15, 0.2) is 16.8 Å². The second-order valence-electron chi connectivity index (χ2n) is 4.14. The fourth-order valence-electron chi connectivity index (χ4n) is 1.80. The number of nitrogens with zero attached hydrogens (tertiary/aromatic N) is 1. The van der Waals surface area contributed by atoms with Crippen LogP contribution in [0.2, 0.25) is 0 Å². The average molecular weight is 257 g/mol. The van der Waals surface area contributed by atoms with Gasteiger partial charge in [0, 0.05) is 12.4 Å². The van der Waals surface area contributed by atoms with Crippen molar-refractivity contribution in [3.63, 3.8) is 0 Å². The number of carbonyl (C=O) groups is 1. The molecule has 0 aromatic carbocycles. The first-order valence-electron chi connectivity index (χ1n) is 5.67. The lowest BCUT2D eigenvalue weighted by atomic mass is 10.1. The fraction of sp³-hybridized carbons (Fsp3) is 0.636. The van der Waals surface area contributed by atoms with Crippen molar-refractivity contribution in [1.82, 2.24) is 0 Å². The quantitative estimate of drug-likeness (QED) is 0.543. The number of esters is 1. The molecule has 7 nitrogen and oxygen atoms in total. The van der Waals surface area contributed by atoms with Gasteiger partial charge in [-0.3, -0.25) is 4.99 Å². The van der Waals surface area contributed by atoms with Gasteiger partial charge in [0.15, 0.2) is 0 Å². The molecule has 0 aromatic rings. The predicted molar refractivity (Wildman–Crippen MR) is 59.7 cm³/mol. The minimum atomic E-state index is -1.36. The molecule has 2 aliphatic rings. The standard InChI is InChI=1S/C11H15NO6/c13-5-7-8(14)9(15)11(17-7)18-10(16)6-2-1-3-12-4-6/h3-4,7-9,11,13-15H,1-2,5H2/t7-,8-,9-,11?/m1/s1. The summed E-state index contributed by atoms with van der Waals surface area (Å²) in [4.78, 5) is 15.5. The first-order valence-corrected chi connectivity index (χ1v) is 5.67. The summed E-state index contributed by atoms with van der Waals surface area (Å²) in [6.07, 6.45) is -0.609. The van der Waals surface area contributed by atoms with Gasteiger partial charge in [0.25, 0.3) is 0 Å². The van der Waals surface area contributed by atoms with Crippen LogP contribution in [0.4, 0.5) is 0 Å². The van der Waals surface area contributed by atoms with Crippen molar-refractivity contribution in [3.05, 3.63) is 11.8 Å². The molecule has 7 heteroatoms. The molecule has 3 N–H and O–H groups in total. The first kappa shape index (κ1) is 13.2. The molecule has 0 amide bonds. The molecule has 100 valence electrons. The van der Waals surface area contributed by atoms with Crippen molar-refractivity contribution in [1.29, 1.82) is 0 Å². The maximum absolute atomic E-state index is 11.7. The molecule has 1 unspecified atom stereocenters. The molecule has 2 aliphatic heterocycles. The minimum Gasteiger partial charge on any atom is -0.429 e. The summed E-state index contributed by atoms with van der Waals surface area (Å²) in [5, 5.41) is 28.0. The Hall–Kier alpha value is -1.28. The molecule has 4 atom stereocenters. The van der Waals surface area contributed by atoms with E-state index in [-0.39, 0.29) is 0 Å². The van der Waals surface area contributed by atoms with Gasteiger partial charge >= 0.3 is 5.97 Å². The molecule has 0 bridgehead atoms. The molecule has 0 aliphatic carbocycles. The summed E-state index contributed by atoms with van der Waals surface area (Å²) in [6.45, 7) is -0.459. The largest absolute Gasteiger partial charge is 0.429 e. The van der Waals surface area contributed by atoms with E-state index in [1.807, 2.05) is 0 Å². The van der Waals surface area contributed by atoms with Crippen molar-refractivity contribution in [2.45, 2.75) is 37.4 Å². The van der Waals surface area contributed by atoms with E-state index in [1.165, 1.54) is 6.20 Å². The maximum atomic E-state index is 11.7. The zero-order chi connectivity index (χ0) is 13.1. The lowest BCUT2D eigenvalue weighted by Crippen LogP contribution is -2.35. The summed E-state index contributed by atoms with van der Waals surface area (Å²) in [5.74, 6) is -0.637. The first-order chi connectivity index (χ1) is 8.63. The van der Waals surface area contributed by atoms with Crippen molar-refractivity contribution in [2.75, 3.05) is 6.61 Å². The third kappa shape index (κ3) is 2.59. The summed E-state index contributed by atoms with van der Waals surface area (Å²) < 4.78 is 9.98. The third-order valence-corrected chi connectivity index (χ3v) is 2.86. The van der Waals surface area contributed by atoms with Gasteiger partial charge in [-0.15, -0.1) is 0 Å². The Bertz CT molecular complexity index is 380. The van der Waals surface area contributed by atoms with E-state index >= 15 is 0 Å². The number of aliphatic imine (C=N–C) groups is 1. The highest BCUT2D eigenvalue weighted by Crippen LogP contribution is 2.23. The monoisotopic (exact) mass is 257 g/mol. The number of rotatable bonds is 3. The van der Waals surface area contributed by atoms with Gasteiger partial charge in [-0.1, -0.05) is 0 Å². The van der Waals surface area contributed by atoms with E-state index in [4.69, 9.17) is 14.6 Å². The Morgan fingerprint density at radius 3 is 2.83 bits per heavy atom. The Morgan fingerprint density at radius 1 is 1.50 bits per heavy atom. The van der Waals surface area contributed by atoms with Crippen LogP contribution in [0.3, 0.4) is 0 Å². The van der Waals surface area contributed by atoms with Gasteiger partial charge in [0.2, 0.25) is 6.29 Å². The number of aliphatic hydroxyl groups excluding tert-OH is 3. The summed E-state index contributed by atoms with van der Waals surface area (Å²) in [7, 11) is 0. The number of hydrogen-bond donors (Lipinski definition) is 3. The van der Waals surface area contributed by atoms with Gasteiger partial charge in [0.1, 0.15) is 18.3 Å². The molecular formula is C11H15NO6. The predicted octanol–water partition coefficient (Wildman–Crippen LogP) is -1.28. The van der Waals surface area contributed by atoms with Gasteiger partial charge < -0.3 is 24.8 Å². The molecule has 0 radical (unpaired) electrons. The fourth-order valence-corrected chi connectivity index (χ4v) is 1.80. The Morgan fingerprint density at radius 2 is 2.28 bits per heavy atom. The van der Waals surface area contributed by atoms with Gasteiger partial charge in [-0.05, 0) is 12.8 Å². The Labute approximate surface area is 103 Å². The van der Waals surface area contributed by atoms with Crippen LogP contribution in [0.1, 0.15) is 12.8 Å². The summed E-state index contributed by atoms with van der Waals surface area (Å²) in [6, 6.07) is 0. The highest BCUT2D eigenvalue weighted by molar-refractivity contribution is 5.89. The van der Waals surface area contributed by atoms with Crippen LogP contribution in [0.5, 0.6) is 0 Å². The van der Waals surface area contributed by atoms with E-state index in [2.05, 4.69) is 4.99 Å². The number of hydrogen-bond acceptors (Lipinski definition) is 7. The van der Waals surface area contributed by atoms with E-state index in [1.54, 1.807) is 6.21 Å². The Balaban J connectivity index is 1.95. The van der Waals surface area contributed by atoms with Crippen LogP contribution in [-0.4, -0.2) is 58.7 Å². The van der Waals surface area contributed by atoms with Crippen molar-refractivity contribution < 1.29 is 29.6 Å². The third-order valence-electron chi connectivity index (χ3n) is 2.86. The zero-order valence-electron chi connectivity index (χ0n) is 9.60. The molecule has 18 heavy (non-hydrogen) atoms. The Kier molecular flexibility index (Phi) is 4.07. The van der Waals surface area contributed by atoms with Crippen molar-refractivity contribution in [2.24, 2.45) is 4.99 Å². The smallest absolute Gasteiger partial charge is 0.337 e. The van der Waals surface area contributed by atoms with Crippen molar-refractivity contribution in [3.8, 4) is 0 Å². The van der Waals surface area contributed by atoms with Crippen LogP contribution in [0.25, 0.3) is 0 Å². The van der Waals surface area contributed by atoms with Crippen molar-refractivity contribution >= 4 is 12.2 Å². The van der Waals surface area contributed by atoms with E-state index in [9.17, 15) is 15.0 Å². The van der Waals surface area contributed by atoms with Crippen LogP contribution < -0.4 is 0 Å². The number of carbonyl (C=O) groups excluding carboxylic acids is 1. The summed E-state index contributed by atoms with van der Waals surface area (Å²) >= 11 is 0.